The molecule has 4 nitrogen and oxygen atoms in total. The first-order valence-corrected chi connectivity index (χ1v) is 5.32. The van der Waals surface area contributed by atoms with Gasteiger partial charge in [-0.05, 0) is 5.92 Å². The van der Waals surface area contributed by atoms with Gasteiger partial charge < -0.3 is 10.4 Å². The minimum atomic E-state index is -0.708. The van der Waals surface area contributed by atoms with Crippen LogP contribution in [-0.2, 0) is 4.79 Å². The van der Waals surface area contributed by atoms with Crippen molar-refractivity contribution in [2.45, 2.75) is 26.3 Å². The molecule has 0 aromatic heterocycles. The van der Waals surface area contributed by atoms with Gasteiger partial charge in [0, 0.05) is 26.2 Å². The molecule has 0 aromatic carbocycles. The predicted molar refractivity (Wildman–Crippen MR) is 55.3 cm³/mol. The highest BCUT2D eigenvalue weighted by atomic mass is 16.4. The van der Waals surface area contributed by atoms with Crippen molar-refractivity contribution < 1.29 is 9.90 Å². The van der Waals surface area contributed by atoms with Gasteiger partial charge in [-0.1, -0.05) is 20.3 Å². The molecule has 0 aromatic rings. The van der Waals surface area contributed by atoms with Crippen molar-refractivity contribution in [1.82, 2.24) is 10.2 Å². The highest BCUT2D eigenvalue weighted by Crippen LogP contribution is 2.09. The number of hydrogen-bond donors (Lipinski definition) is 2. The van der Waals surface area contributed by atoms with Crippen molar-refractivity contribution >= 4 is 5.97 Å². The van der Waals surface area contributed by atoms with Crippen molar-refractivity contribution in [3.05, 3.63) is 0 Å². The number of aliphatic carboxylic acids is 1. The maximum atomic E-state index is 11.0. The predicted octanol–water partition coefficient (Wildman–Crippen LogP) is 0.391. The van der Waals surface area contributed by atoms with E-state index in [1.54, 1.807) is 0 Å². The van der Waals surface area contributed by atoms with Crippen LogP contribution in [0.25, 0.3) is 0 Å². The van der Waals surface area contributed by atoms with Crippen LogP contribution in [0.4, 0.5) is 0 Å². The zero-order valence-corrected chi connectivity index (χ0v) is 8.99. The first-order valence-electron chi connectivity index (χ1n) is 5.32. The zero-order chi connectivity index (χ0) is 10.6. The molecule has 2 atom stereocenters. The lowest BCUT2D eigenvalue weighted by atomic mass is 10.1. The summed E-state index contributed by atoms with van der Waals surface area (Å²) < 4.78 is 0. The van der Waals surface area contributed by atoms with E-state index >= 15 is 0 Å². The summed E-state index contributed by atoms with van der Waals surface area (Å²) in [5.74, 6) is -0.129. The molecule has 1 aliphatic heterocycles. The number of carbonyl (C=O) groups is 1. The Labute approximate surface area is 85.3 Å². The molecule has 1 heterocycles. The van der Waals surface area contributed by atoms with Crippen LogP contribution in [0.2, 0.25) is 0 Å². The van der Waals surface area contributed by atoms with Crippen LogP contribution < -0.4 is 5.32 Å². The quantitative estimate of drug-likeness (QED) is 0.689. The molecule has 1 rings (SSSR count). The van der Waals surface area contributed by atoms with E-state index in [9.17, 15) is 4.79 Å². The summed E-state index contributed by atoms with van der Waals surface area (Å²) in [4.78, 5) is 13.0. The monoisotopic (exact) mass is 200 g/mol. The highest BCUT2D eigenvalue weighted by molar-refractivity contribution is 5.73. The number of hydrogen-bond acceptors (Lipinski definition) is 3. The Morgan fingerprint density at radius 1 is 1.71 bits per heavy atom. The molecule has 2 N–H and O–H groups in total. The largest absolute Gasteiger partial charge is 0.480 e. The van der Waals surface area contributed by atoms with E-state index in [0.717, 1.165) is 26.1 Å². The summed E-state index contributed by atoms with van der Waals surface area (Å²) in [6.07, 6.45) is 1.11. The fraction of sp³-hybridized carbons (Fsp3) is 0.900. The number of nitrogens with zero attached hydrogens (tertiary/aromatic N) is 1. The van der Waals surface area contributed by atoms with Crippen molar-refractivity contribution in [3.63, 3.8) is 0 Å². The Balaban J connectivity index is 2.49. The van der Waals surface area contributed by atoms with E-state index < -0.39 is 5.97 Å². The summed E-state index contributed by atoms with van der Waals surface area (Å²) in [5.41, 5.74) is 0. The fourth-order valence-corrected chi connectivity index (χ4v) is 1.74. The molecule has 14 heavy (non-hydrogen) atoms. The molecule has 1 saturated heterocycles. The zero-order valence-electron chi connectivity index (χ0n) is 8.99. The Morgan fingerprint density at radius 2 is 2.43 bits per heavy atom. The number of piperazine rings is 1. The molecule has 0 spiro atoms. The van der Waals surface area contributed by atoms with Gasteiger partial charge in [-0.3, -0.25) is 9.69 Å². The third kappa shape index (κ3) is 2.96. The van der Waals surface area contributed by atoms with Gasteiger partial charge >= 0.3 is 5.97 Å². The van der Waals surface area contributed by atoms with Gasteiger partial charge in [0.25, 0.3) is 0 Å². The summed E-state index contributed by atoms with van der Waals surface area (Å²) in [6, 6.07) is -0.335. The van der Waals surface area contributed by atoms with Crippen LogP contribution >= 0.6 is 0 Å². The maximum absolute atomic E-state index is 11.0. The third-order valence-electron chi connectivity index (χ3n) is 2.88. The molecular formula is C10H20N2O2. The van der Waals surface area contributed by atoms with E-state index in [0.29, 0.717) is 12.5 Å². The molecule has 0 bridgehead atoms. The lowest BCUT2D eigenvalue weighted by molar-refractivity contribution is -0.144. The first kappa shape index (κ1) is 11.5. The minimum Gasteiger partial charge on any atom is -0.480 e. The summed E-state index contributed by atoms with van der Waals surface area (Å²) in [5, 5.41) is 12.1. The summed E-state index contributed by atoms with van der Waals surface area (Å²) in [6.45, 7) is 7.53. The Kier molecular flexibility index (Phi) is 4.35. The molecule has 4 heteroatoms. The van der Waals surface area contributed by atoms with Gasteiger partial charge in [0.05, 0.1) is 0 Å². The molecule has 1 fully saturated rings. The SMILES string of the molecule is CCC(C)CN1CCNCC1C(=O)O. The van der Waals surface area contributed by atoms with E-state index in [4.69, 9.17) is 5.11 Å². The van der Waals surface area contributed by atoms with Gasteiger partial charge in [0.15, 0.2) is 0 Å². The van der Waals surface area contributed by atoms with Gasteiger partial charge in [-0.15, -0.1) is 0 Å². The van der Waals surface area contributed by atoms with E-state index in [2.05, 4.69) is 24.1 Å². The Hall–Kier alpha value is -0.610. The average molecular weight is 200 g/mol. The molecule has 0 aliphatic carbocycles. The number of carboxylic acids is 1. The van der Waals surface area contributed by atoms with Gasteiger partial charge in [-0.2, -0.15) is 0 Å². The van der Waals surface area contributed by atoms with E-state index in [1.165, 1.54) is 0 Å². The molecule has 2 unspecified atom stereocenters. The molecule has 1 aliphatic rings. The van der Waals surface area contributed by atoms with E-state index in [-0.39, 0.29) is 6.04 Å². The lowest BCUT2D eigenvalue weighted by Gasteiger charge is -2.34. The van der Waals surface area contributed by atoms with Crippen LogP contribution in [0.1, 0.15) is 20.3 Å². The van der Waals surface area contributed by atoms with E-state index in [1.807, 2.05) is 0 Å². The topological polar surface area (TPSA) is 52.6 Å². The van der Waals surface area contributed by atoms with Crippen molar-refractivity contribution in [3.8, 4) is 0 Å². The van der Waals surface area contributed by atoms with Crippen LogP contribution in [0.15, 0.2) is 0 Å². The van der Waals surface area contributed by atoms with Crippen molar-refractivity contribution in [1.29, 1.82) is 0 Å². The fourth-order valence-electron chi connectivity index (χ4n) is 1.74. The van der Waals surface area contributed by atoms with Crippen LogP contribution in [0, 0.1) is 5.92 Å². The van der Waals surface area contributed by atoms with Gasteiger partial charge in [0.1, 0.15) is 6.04 Å². The molecule has 82 valence electrons. The van der Waals surface area contributed by atoms with Crippen LogP contribution in [-0.4, -0.2) is 48.2 Å². The first-order chi connectivity index (χ1) is 6.65. The molecular weight excluding hydrogens is 180 g/mol. The standard InChI is InChI=1S/C10H20N2O2/c1-3-8(2)7-12-5-4-11-6-9(12)10(13)14/h8-9,11H,3-7H2,1-2H3,(H,13,14). The minimum absolute atomic E-state index is 0.335. The average Bonchev–Trinajstić information content (AvgIpc) is 2.18. The molecule has 0 radical (unpaired) electrons. The third-order valence-corrected chi connectivity index (χ3v) is 2.88. The van der Waals surface area contributed by atoms with Crippen molar-refractivity contribution in [2.24, 2.45) is 5.92 Å². The van der Waals surface area contributed by atoms with Crippen LogP contribution in [0.5, 0.6) is 0 Å². The lowest BCUT2D eigenvalue weighted by Crippen LogP contribution is -2.55. The molecule has 0 amide bonds. The van der Waals surface area contributed by atoms with Gasteiger partial charge in [-0.25, -0.2) is 0 Å². The summed E-state index contributed by atoms with van der Waals surface area (Å²) >= 11 is 0. The second kappa shape index (κ2) is 5.32. The molecule has 0 saturated carbocycles. The second-order valence-electron chi connectivity index (χ2n) is 4.07. The maximum Gasteiger partial charge on any atom is 0.322 e. The number of nitrogens with one attached hydrogen (secondary N) is 1. The smallest absolute Gasteiger partial charge is 0.322 e. The van der Waals surface area contributed by atoms with Crippen LogP contribution in [0.3, 0.4) is 0 Å². The van der Waals surface area contributed by atoms with Gasteiger partial charge in [0.2, 0.25) is 0 Å². The number of carboxylic acid groups (broad SMARTS) is 1. The Morgan fingerprint density at radius 3 is 3.00 bits per heavy atom. The normalized spacial score (nSPS) is 26.0. The van der Waals surface area contributed by atoms with Crippen molar-refractivity contribution in [2.75, 3.05) is 26.2 Å². The highest BCUT2D eigenvalue weighted by Gasteiger charge is 2.28. The summed E-state index contributed by atoms with van der Waals surface area (Å²) in [7, 11) is 0. The Bertz CT molecular complexity index is 197. The second-order valence-corrected chi connectivity index (χ2v) is 4.07. The number of rotatable bonds is 4.